The zero-order chi connectivity index (χ0) is 12.6. The van der Waals surface area contributed by atoms with Gasteiger partial charge in [-0.1, -0.05) is 18.0 Å². The maximum Gasteiger partial charge on any atom is 0.234 e. The van der Waals surface area contributed by atoms with Crippen molar-refractivity contribution < 1.29 is 4.52 Å². The van der Waals surface area contributed by atoms with Crippen LogP contribution in [0.15, 0.2) is 21.3 Å². The average Bonchev–Trinajstić information content (AvgIpc) is 3.10. The van der Waals surface area contributed by atoms with E-state index in [1.165, 1.54) is 5.56 Å². The van der Waals surface area contributed by atoms with Crippen LogP contribution in [0.2, 0.25) is 0 Å². The molecular weight excluding hydrogens is 246 g/mol. The van der Waals surface area contributed by atoms with Crippen molar-refractivity contribution in [1.29, 1.82) is 0 Å². The highest BCUT2D eigenvalue weighted by molar-refractivity contribution is 7.08. The van der Waals surface area contributed by atoms with Gasteiger partial charge in [0.25, 0.3) is 0 Å². The minimum Gasteiger partial charge on any atom is -0.339 e. The van der Waals surface area contributed by atoms with E-state index < -0.39 is 0 Å². The lowest BCUT2D eigenvalue weighted by atomic mass is 9.98. The summed E-state index contributed by atoms with van der Waals surface area (Å²) in [7, 11) is 0. The Bertz CT molecular complexity index is 514. The van der Waals surface area contributed by atoms with E-state index in [2.05, 4.69) is 33.9 Å². The van der Waals surface area contributed by atoms with Crippen LogP contribution < -0.4 is 5.73 Å². The van der Waals surface area contributed by atoms with Crippen LogP contribution >= 0.6 is 11.3 Å². The lowest BCUT2D eigenvalue weighted by Gasteiger charge is -2.17. The fourth-order valence-corrected chi connectivity index (χ4v) is 3.26. The molecule has 18 heavy (non-hydrogen) atoms. The minimum absolute atomic E-state index is 0.141. The van der Waals surface area contributed by atoms with Crippen molar-refractivity contribution in [2.45, 2.75) is 44.1 Å². The number of hydrogen-bond donors (Lipinski definition) is 1. The highest BCUT2D eigenvalue weighted by Crippen LogP contribution is 2.35. The molecular formula is C13H17N3OS. The van der Waals surface area contributed by atoms with Crippen molar-refractivity contribution in [2.24, 2.45) is 5.73 Å². The van der Waals surface area contributed by atoms with Gasteiger partial charge in [0.15, 0.2) is 5.82 Å². The van der Waals surface area contributed by atoms with Crippen LogP contribution in [0.1, 0.15) is 55.8 Å². The molecule has 0 amide bonds. The van der Waals surface area contributed by atoms with Crippen molar-refractivity contribution >= 4 is 11.3 Å². The molecule has 1 fully saturated rings. The topological polar surface area (TPSA) is 64.9 Å². The number of nitrogens with two attached hydrogens (primary N) is 1. The van der Waals surface area contributed by atoms with Crippen LogP contribution in [0, 0.1) is 0 Å². The predicted octanol–water partition coefficient (Wildman–Crippen LogP) is 3.01. The standard InChI is InChI=1S/C13H17N3OS/c1-9(10-4-7-18-8-10)11-15-12(16-17-11)13(14)5-2-3-6-13/h4,7-9H,2-3,5-6,14H2,1H3. The summed E-state index contributed by atoms with van der Waals surface area (Å²) >= 11 is 1.68. The average molecular weight is 263 g/mol. The normalized spacial score (nSPS) is 20.1. The third-order valence-electron chi connectivity index (χ3n) is 3.80. The first-order chi connectivity index (χ1) is 8.69. The molecule has 96 valence electrons. The second kappa shape index (κ2) is 4.48. The van der Waals surface area contributed by atoms with Crippen LogP contribution in [0.3, 0.4) is 0 Å². The molecule has 0 aliphatic heterocycles. The Kier molecular flexibility index (Phi) is 2.95. The fourth-order valence-electron chi connectivity index (χ4n) is 2.51. The van der Waals surface area contributed by atoms with Crippen LogP contribution in [0.4, 0.5) is 0 Å². The van der Waals surface area contributed by atoms with Gasteiger partial charge in [-0.15, -0.1) is 0 Å². The number of aromatic nitrogens is 2. The molecule has 0 saturated heterocycles. The number of thiophene rings is 1. The molecule has 0 bridgehead atoms. The first-order valence-corrected chi connectivity index (χ1v) is 7.28. The van der Waals surface area contributed by atoms with Crippen molar-refractivity contribution in [2.75, 3.05) is 0 Å². The summed E-state index contributed by atoms with van der Waals surface area (Å²) in [6.07, 6.45) is 4.22. The summed E-state index contributed by atoms with van der Waals surface area (Å²) in [5, 5.41) is 8.27. The van der Waals surface area contributed by atoms with Gasteiger partial charge in [0.2, 0.25) is 5.89 Å². The maximum atomic E-state index is 6.33. The Balaban J connectivity index is 1.85. The molecule has 0 aromatic carbocycles. The Morgan fingerprint density at radius 3 is 2.89 bits per heavy atom. The number of rotatable bonds is 3. The molecule has 4 nitrogen and oxygen atoms in total. The van der Waals surface area contributed by atoms with Gasteiger partial charge in [0, 0.05) is 0 Å². The maximum absolute atomic E-state index is 6.33. The van der Waals surface area contributed by atoms with Gasteiger partial charge in [-0.25, -0.2) is 0 Å². The quantitative estimate of drug-likeness (QED) is 0.924. The molecule has 2 aromatic rings. The molecule has 1 atom stereocenters. The van der Waals surface area contributed by atoms with Gasteiger partial charge in [0.05, 0.1) is 11.5 Å². The van der Waals surface area contributed by atoms with E-state index >= 15 is 0 Å². The van der Waals surface area contributed by atoms with Gasteiger partial charge >= 0.3 is 0 Å². The molecule has 5 heteroatoms. The summed E-state index contributed by atoms with van der Waals surface area (Å²) in [5.41, 5.74) is 7.18. The highest BCUT2D eigenvalue weighted by Gasteiger charge is 2.36. The molecule has 1 unspecified atom stereocenters. The van der Waals surface area contributed by atoms with E-state index in [9.17, 15) is 0 Å². The molecule has 1 aliphatic carbocycles. The lowest BCUT2D eigenvalue weighted by molar-refractivity contribution is 0.344. The Labute approximate surface area is 110 Å². The van der Waals surface area contributed by atoms with E-state index in [-0.39, 0.29) is 11.5 Å². The second-order valence-corrected chi connectivity index (χ2v) is 5.88. The molecule has 0 radical (unpaired) electrons. The molecule has 2 heterocycles. The monoisotopic (exact) mass is 263 g/mol. The summed E-state index contributed by atoms with van der Waals surface area (Å²) in [6.45, 7) is 2.08. The number of hydrogen-bond acceptors (Lipinski definition) is 5. The molecule has 2 N–H and O–H groups in total. The Morgan fingerprint density at radius 1 is 1.44 bits per heavy atom. The van der Waals surface area contributed by atoms with Gasteiger partial charge in [0.1, 0.15) is 0 Å². The molecule has 2 aromatic heterocycles. The SMILES string of the molecule is CC(c1ccsc1)c1nc(C2(N)CCCC2)no1. The summed E-state index contributed by atoms with van der Waals surface area (Å²) < 4.78 is 5.39. The molecule has 1 saturated carbocycles. The van der Waals surface area contributed by atoms with Crippen molar-refractivity contribution in [1.82, 2.24) is 10.1 Å². The van der Waals surface area contributed by atoms with E-state index in [0.717, 1.165) is 25.7 Å². The third kappa shape index (κ3) is 1.97. The summed E-state index contributed by atoms with van der Waals surface area (Å²) in [5.74, 6) is 1.49. The van der Waals surface area contributed by atoms with E-state index in [4.69, 9.17) is 10.3 Å². The van der Waals surface area contributed by atoms with Crippen LogP contribution in [0.5, 0.6) is 0 Å². The third-order valence-corrected chi connectivity index (χ3v) is 4.50. The van der Waals surface area contributed by atoms with Gasteiger partial charge in [-0.05, 0) is 42.2 Å². The largest absolute Gasteiger partial charge is 0.339 e. The second-order valence-electron chi connectivity index (χ2n) is 5.10. The van der Waals surface area contributed by atoms with E-state index in [0.29, 0.717) is 11.7 Å². The smallest absolute Gasteiger partial charge is 0.234 e. The van der Waals surface area contributed by atoms with Crippen molar-refractivity contribution in [3.63, 3.8) is 0 Å². The molecule has 0 spiro atoms. The molecule has 1 aliphatic rings. The molecule has 3 rings (SSSR count). The first kappa shape index (κ1) is 11.9. The van der Waals surface area contributed by atoms with Crippen LogP contribution in [-0.2, 0) is 5.54 Å². The van der Waals surface area contributed by atoms with Gasteiger partial charge in [-0.3, -0.25) is 0 Å². The Hall–Kier alpha value is -1.20. The van der Waals surface area contributed by atoms with E-state index in [1.807, 2.05) is 0 Å². The van der Waals surface area contributed by atoms with Crippen LogP contribution in [0.25, 0.3) is 0 Å². The lowest BCUT2D eigenvalue weighted by Crippen LogP contribution is -2.34. The van der Waals surface area contributed by atoms with Crippen LogP contribution in [-0.4, -0.2) is 10.1 Å². The van der Waals surface area contributed by atoms with Crippen molar-refractivity contribution in [3.05, 3.63) is 34.1 Å². The summed E-state index contributed by atoms with van der Waals surface area (Å²) in [4.78, 5) is 4.52. The zero-order valence-electron chi connectivity index (χ0n) is 10.4. The highest BCUT2D eigenvalue weighted by atomic mass is 32.1. The predicted molar refractivity (Wildman–Crippen MR) is 70.5 cm³/mol. The van der Waals surface area contributed by atoms with Gasteiger partial charge < -0.3 is 10.3 Å². The number of nitrogens with zero attached hydrogens (tertiary/aromatic N) is 2. The van der Waals surface area contributed by atoms with Crippen molar-refractivity contribution in [3.8, 4) is 0 Å². The Morgan fingerprint density at radius 2 is 2.22 bits per heavy atom. The minimum atomic E-state index is -0.365. The fraction of sp³-hybridized carbons (Fsp3) is 0.538. The first-order valence-electron chi connectivity index (χ1n) is 6.34. The zero-order valence-corrected chi connectivity index (χ0v) is 11.2. The summed E-state index contributed by atoms with van der Waals surface area (Å²) in [6, 6.07) is 2.09. The van der Waals surface area contributed by atoms with Gasteiger partial charge in [-0.2, -0.15) is 16.3 Å². The van der Waals surface area contributed by atoms with E-state index in [1.54, 1.807) is 11.3 Å².